The predicted molar refractivity (Wildman–Crippen MR) is 111 cm³/mol. The minimum atomic E-state index is -4.41. The number of hydrogen-bond donors (Lipinski definition) is 2. The van der Waals surface area contributed by atoms with Crippen molar-refractivity contribution >= 4 is 52.6 Å². The van der Waals surface area contributed by atoms with E-state index in [2.05, 4.69) is 32.5 Å². The number of rotatable bonds is 7. The summed E-state index contributed by atoms with van der Waals surface area (Å²) in [5, 5.41) is 8.63. The van der Waals surface area contributed by atoms with Crippen molar-refractivity contribution in [1.29, 1.82) is 0 Å². The lowest BCUT2D eigenvalue weighted by molar-refractivity contribution is -0.140. The van der Waals surface area contributed by atoms with Gasteiger partial charge in [0, 0.05) is 36.0 Å². The van der Waals surface area contributed by atoms with E-state index in [1.165, 1.54) is 4.88 Å². The Morgan fingerprint density at radius 3 is 2.58 bits per heavy atom. The first-order valence-electron chi connectivity index (χ1n) is 7.89. The highest BCUT2D eigenvalue weighted by Gasteiger charge is 2.33. The maximum absolute atomic E-state index is 12.6. The van der Waals surface area contributed by atoms with E-state index in [-0.39, 0.29) is 30.5 Å². The summed E-state index contributed by atoms with van der Waals surface area (Å²) in [7, 11) is 0. The molecule has 11 heteroatoms. The lowest BCUT2D eigenvalue weighted by Crippen LogP contribution is -2.38. The average Bonchev–Trinajstić information content (AvgIpc) is 3.21. The molecule has 0 spiro atoms. The van der Waals surface area contributed by atoms with Gasteiger partial charge in [0.2, 0.25) is 0 Å². The molecule has 0 amide bonds. The van der Waals surface area contributed by atoms with Gasteiger partial charge in [0.25, 0.3) is 0 Å². The fourth-order valence-corrected chi connectivity index (χ4v) is 3.50. The number of hydrogen-bond acceptors (Lipinski definition) is 5. The SMILES string of the molecule is CCNC(=NCc1nc(C(F)(F)F)cs1)NCCc1ncc(CC)s1.I. The number of halogens is 4. The second-order valence-electron chi connectivity index (χ2n) is 5.07. The van der Waals surface area contributed by atoms with E-state index >= 15 is 0 Å². The quantitative estimate of drug-likeness (QED) is 0.329. The lowest BCUT2D eigenvalue weighted by Gasteiger charge is -2.10. The van der Waals surface area contributed by atoms with Crippen molar-refractivity contribution in [1.82, 2.24) is 20.6 Å². The third kappa shape index (κ3) is 7.35. The van der Waals surface area contributed by atoms with Crippen LogP contribution in [0.5, 0.6) is 0 Å². The molecule has 2 aromatic heterocycles. The monoisotopic (exact) mass is 519 g/mol. The van der Waals surface area contributed by atoms with E-state index in [0.29, 0.717) is 24.1 Å². The summed E-state index contributed by atoms with van der Waals surface area (Å²) in [5.41, 5.74) is -0.865. The Hall–Kier alpha value is -0.950. The number of thiazole rings is 2. The molecule has 0 aliphatic heterocycles. The third-order valence-electron chi connectivity index (χ3n) is 3.14. The molecule has 5 nitrogen and oxygen atoms in total. The highest BCUT2D eigenvalue weighted by Crippen LogP contribution is 2.30. The van der Waals surface area contributed by atoms with Gasteiger partial charge in [-0.05, 0) is 13.3 Å². The zero-order chi connectivity index (χ0) is 18.3. The van der Waals surface area contributed by atoms with E-state index in [0.717, 1.165) is 34.6 Å². The van der Waals surface area contributed by atoms with Crippen molar-refractivity contribution in [3.8, 4) is 0 Å². The maximum Gasteiger partial charge on any atom is 0.434 e. The van der Waals surface area contributed by atoms with Crippen LogP contribution in [0.1, 0.15) is 34.4 Å². The molecule has 0 bridgehead atoms. The van der Waals surface area contributed by atoms with Crippen molar-refractivity contribution < 1.29 is 13.2 Å². The molecular formula is C15H21F3IN5S2. The Kier molecular flexibility index (Phi) is 9.79. The van der Waals surface area contributed by atoms with E-state index < -0.39 is 11.9 Å². The highest BCUT2D eigenvalue weighted by atomic mass is 127. The molecule has 2 aromatic rings. The summed E-state index contributed by atoms with van der Waals surface area (Å²) in [6.45, 7) is 5.43. The van der Waals surface area contributed by atoms with Crippen molar-refractivity contribution in [3.63, 3.8) is 0 Å². The first-order valence-corrected chi connectivity index (χ1v) is 9.59. The highest BCUT2D eigenvalue weighted by molar-refractivity contribution is 14.0. The Labute approximate surface area is 175 Å². The van der Waals surface area contributed by atoms with Crippen molar-refractivity contribution in [2.75, 3.05) is 13.1 Å². The van der Waals surface area contributed by atoms with Crippen LogP contribution in [-0.4, -0.2) is 29.0 Å². The van der Waals surface area contributed by atoms with E-state index in [1.807, 2.05) is 13.1 Å². The largest absolute Gasteiger partial charge is 0.434 e. The van der Waals surface area contributed by atoms with Crippen LogP contribution in [0.25, 0.3) is 0 Å². The number of guanidine groups is 1. The molecule has 2 heterocycles. The summed E-state index contributed by atoms with van der Waals surface area (Å²) in [5.74, 6) is 0.554. The summed E-state index contributed by atoms with van der Waals surface area (Å²) in [6.07, 6.45) is -0.778. The van der Waals surface area contributed by atoms with Gasteiger partial charge in [0.15, 0.2) is 11.7 Å². The summed E-state index contributed by atoms with van der Waals surface area (Å²) < 4.78 is 37.7. The van der Waals surface area contributed by atoms with E-state index in [9.17, 15) is 13.2 Å². The molecular weight excluding hydrogens is 498 g/mol. The second-order valence-corrected chi connectivity index (χ2v) is 7.21. The fourth-order valence-electron chi connectivity index (χ4n) is 1.92. The van der Waals surface area contributed by atoms with Crippen LogP contribution in [-0.2, 0) is 25.6 Å². The van der Waals surface area contributed by atoms with Crippen LogP contribution in [0.3, 0.4) is 0 Å². The molecule has 0 unspecified atom stereocenters. The average molecular weight is 519 g/mol. The molecule has 0 aliphatic rings. The maximum atomic E-state index is 12.6. The smallest absolute Gasteiger partial charge is 0.357 e. The summed E-state index contributed by atoms with van der Waals surface area (Å²) in [4.78, 5) is 13.5. The number of nitrogens with zero attached hydrogens (tertiary/aromatic N) is 3. The topological polar surface area (TPSA) is 62.2 Å². The minimum absolute atomic E-state index is 0. The van der Waals surface area contributed by atoms with Crippen LogP contribution in [0.4, 0.5) is 13.2 Å². The summed E-state index contributed by atoms with van der Waals surface area (Å²) in [6, 6.07) is 0. The lowest BCUT2D eigenvalue weighted by atomic mass is 10.4. The molecule has 2 N–H and O–H groups in total. The molecule has 0 radical (unpaired) electrons. The molecule has 26 heavy (non-hydrogen) atoms. The van der Waals surface area contributed by atoms with Crippen LogP contribution in [0, 0.1) is 0 Å². The van der Waals surface area contributed by atoms with Gasteiger partial charge in [0.1, 0.15) is 5.01 Å². The Bertz CT molecular complexity index is 700. The van der Waals surface area contributed by atoms with E-state index in [1.54, 1.807) is 11.3 Å². The molecule has 0 saturated heterocycles. The second kappa shape index (κ2) is 11.0. The number of aryl methyl sites for hydroxylation is 1. The molecule has 146 valence electrons. The normalized spacial score (nSPS) is 12.0. The Balaban J connectivity index is 0.00000338. The predicted octanol–water partition coefficient (Wildman–Crippen LogP) is 4.10. The van der Waals surface area contributed by atoms with Crippen LogP contribution in [0.15, 0.2) is 16.6 Å². The molecule has 0 atom stereocenters. The van der Waals surface area contributed by atoms with Gasteiger partial charge in [-0.25, -0.2) is 15.0 Å². The van der Waals surface area contributed by atoms with Gasteiger partial charge in [-0.2, -0.15) is 13.2 Å². The molecule has 0 aromatic carbocycles. The van der Waals surface area contributed by atoms with Gasteiger partial charge >= 0.3 is 6.18 Å². The van der Waals surface area contributed by atoms with Gasteiger partial charge in [0.05, 0.1) is 11.6 Å². The Morgan fingerprint density at radius 1 is 1.23 bits per heavy atom. The minimum Gasteiger partial charge on any atom is -0.357 e. The van der Waals surface area contributed by atoms with Crippen molar-refractivity contribution in [2.24, 2.45) is 4.99 Å². The van der Waals surface area contributed by atoms with Gasteiger partial charge in [-0.15, -0.1) is 46.7 Å². The number of aliphatic imine (C=N–C) groups is 1. The number of nitrogens with one attached hydrogen (secondary N) is 2. The van der Waals surface area contributed by atoms with Crippen LogP contribution in [0.2, 0.25) is 0 Å². The molecule has 2 rings (SSSR count). The number of alkyl halides is 3. The fraction of sp³-hybridized carbons (Fsp3) is 0.533. The van der Waals surface area contributed by atoms with Crippen molar-refractivity contribution in [3.05, 3.63) is 32.2 Å². The standard InChI is InChI=1S/C15H20F3N5S2.HI/c1-3-10-7-21-12(25-10)5-6-20-14(19-4-2)22-8-13-23-11(9-24-13)15(16,17)18;/h7,9H,3-6,8H2,1-2H3,(H2,19,20,22);1H. The van der Waals surface area contributed by atoms with Crippen LogP contribution < -0.4 is 10.6 Å². The number of aromatic nitrogens is 2. The summed E-state index contributed by atoms with van der Waals surface area (Å²) >= 11 is 2.65. The molecule has 0 fully saturated rings. The molecule has 0 saturated carbocycles. The zero-order valence-electron chi connectivity index (χ0n) is 14.4. The first kappa shape index (κ1) is 23.1. The third-order valence-corrected chi connectivity index (χ3v) is 5.18. The zero-order valence-corrected chi connectivity index (χ0v) is 18.4. The van der Waals surface area contributed by atoms with Gasteiger partial charge < -0.3 is 10.6 Å². The molecule has 0 aliphatic carbocycles. The van der Waals surface area contributed by atoms with Crippen LogP contribution >= 0.6 is 46.7 Å². The Morgan fingerprint density at radius 2 is 2.00 bits per heavy atom. The first-order chi connectivity index (χ1) is 11.9. The van der Waals surface area contributed by atoms with Gasteiger partial charge in [-0.3, -0.25) is 0 Å². The van der Waals surface area contributed by atoms with Gasteiger partial charge in [-0.1, -0.05) is 6.92 Å². The van der Waals surface area contributed by atoms with E-state index in [4.69, 9.17) is 0 Å². The van der Waals surface area contributed by atoms with Crippen molar-refractivity contribution in [2.45, 2.75) is 39.4 Å².